The van der Waals surface area contributed by atoms with Crippen LogP contribution in [0.2, 0.25) is 0 Å². The van der Waals surface area contributed by atoms with Crippen molar-refractivity contribution in [2.45, 2.75) is 11.4 Å². The van der Waals surface area contributed by atoms with Gasteiger partial charge in [-0.25, -0.2) is 13.1 Å². The van der Waals surface area contributed by atoms with Gasteiger partial charge in [0, 0.05) is 36.9 Å². The van der Waals surface area contributed by atoms with Crippen LogP contribution in [0.25, 0.3) is 22.0 Å². The van der Waals surface area contributed by atoms with Crippen molar-refractivity contribution < 1.29 is 8.42 Å². The van der Waals surface area contributed by atoms with Gasteiger partial charge in [0.15, 0.2) is 0 Å². The lowest BCUT2D eigenvalue weighted by Crippen LogP contribution is -2.23. The minimum Gasteiger partial charge on any atom is -0.275 e. The van der Waals surface area contributed by atoms with Crippen molar-refractivity contribution in [1.29, 1.82) is 0 Å². The van der Waals surface area contributed by atoms with Crippen LogP contribution in [-0.2, 0) is 23.6 Å². The number of nitrogens with zero attached hydrogens (tertiary/aromatic N) is 3. The summed E-state index contributed by atoms with van der Waals surface area (Å²) < 4.78 is 29.9. The molecule has 0 spiro atoms. The molecular formula is C20H18N4O2S. The first-order chi connectivity index (χ1) is 13.0. The molecule has 0 atom stereocenters. The standard InChI is InChI=1S/C20H18N4O2S/c1-24-14-17(13-22-24)19-10-9-15(11-21-19)12-23-27(25,26)20-8-4-6-16-5-2-3-7-18(16)20/h2-11,13-14,23H,12H2,1H3. The molecule has 0 saturated carbocycles. The Bertz CT molecular complexity index is 1190. The van der Waals surface area contributed by atoms with E-state index in [1.807, 2.05) is 55.7 Å². The van der Waals surface area contributed by atoms with E-state index in [0.29, 0.717) is 5.39 Å². The second-order valence-corrected chi connectivity index (χ2v) is 7.99. The van der Waals surface area contributed by atoms with Crippen molar-refractivity contribution in [3.63, 3.8) is 0 Å². The molecule has 0 radical (unpaired) electrons. The van der Waals surface area contributed by atoms with Crippen molar-refractivity contribution in [2.75, 3.05) is 0 Å². The van der Waals surface area contributed by atoms with Crippen LogP contribution in [0, 0.1) is 0 Å². The molecule has 0 aliphatic heterocycles. The molecule has 136 valence electrons. The predicted octanol–water partition coefficient (Wildman–Crippen LogP) is 3.11. The molecule has 0 bridgehead atoms. The molecule has 7 heteroatoms. The highest BCUT2D eigenvalue weighted by molar-refractivity contribution is 7.89. The third kappa shape index (κ3) is 3.60. The Morgan fingerprint density at radius 3 is 2.56 bits per heavy atom. The molecule has 0 aliphatic rings. The van der Waals surface area contributed by atoms with E-state index in [0.717, 1.165) is 22.2 Å². The number of hydrogen-bond donors (Lipinski definition) is 1. The normalized spacial score (nSPS) is 11.7. The van der Waals surface area contributed by atoms with Crippen molar-refractivity contribution in [1.82, 2.24) is 19.5 Å². The maximum Gasteiger partial charge on any atom is 0.241 e. The molecule has 0 saturated heterocycles. The van der Waals surface area contributed by atoms with Gasteiger partial charge in [0.05, 0.1) is 16.8 Å². The lowest BCUT2D eigenvalue weighted by atomic mass is 10.1. The monoisotopic (exact) mass is 378 g/mol. The number of aromatic nitrogens is 3. The van der Waals surface area contributed by atoms with Crippen molar-refractivity contribution in [3.8, 4) is 11.3 Å². The average Bonchev–Trinajstić information content (AvgIpc) is 3.13. The smallest absolute Gasteiger partial charge is 0.241 e. The van der Waals surface area contributed by atoms with Crippen molar-refractivity contribution in [3.05, 3.63) is 78.8 Å². The minimum atomic E-state index is -3.64. The minimum absolute atomic E-state index is 0.172. The zero-order chi connectivity index (χ0) is 18.9. The largest absolute Gasteiger partial charge is 0.275 e. The maximum absolute atomic E-state index is 12.8. The zero-order valence-electron chi connectivity index (χ0n) is 14.7. The molecule has 2 aromatic heterocycles. The van der Waals surface area contributed by atoms with Gasteiger partial charge in [-0.2, -0.15) is 5.10 Å². The number of hydrogen-bond acceptors (Lipinski definition) is 4. The molecule has 4 rings (SSSR count). The van der Waals surface area contributed by atoms with E-state index < -0.39 is 10.0 Å². The number of benzene rings is 2. The van der Waals surface area contributed by atoms with Crippen LogP contribution < -0.4 is 4.72 Å². The average molecular weight is 378 g/mol. The first-order valence-corrected chi connectivity index (χ1v) is 9.93. The van der Waals surface area contributed by atoms with Crippen LogP contribution in [0.3, 0.4) is 0 Å². The lowest BCUT2D eigenvalue weighted by molar-refractivity contribution is 0.582. The van der Waals surface area contributed by atoms with Crippen LogP contribution >= 0.6 is 0 Å². The van der Waals surface area contributed by atoms with Crippen molar-refractivity contribution >= 4 is 20.8 Å². The summed E-state index contributed by atoms with van der Waals surface area (Å²) in [7, 11) is -1.79. The van der Waals surface area contributed by atoms with E-state index >= 15 is 0 Å². The maximum atomic E-state index is 12.8. The Morgan fingerprint density at radius 2 is 1.81 bits per heavy atom. The number of sulfonamides is 1. The van der Waals surface area contributed by atoms with E-state index in [1.54, 1.807) is 29.2 Å². The molecule has 27 heavy (non-hydrogen) atoms. The van der Waals surface area contributed by atoms with Crippen LogP contribution in [0.5, 0.6) is 0 Å². The van der Waals surface area contributed by atoms with Gasteiger partial charge in [0.25, 0.3) is 0 Å². The number of nitrogens with one attached hydrogen (secondary N) is 1. The number of pyridine rings is 1. The SMILES string of the molecule is Cn1cc(-c2ccc(CNS(=O)(=O)c3cccc4ccccc34)cn2)cn1. The predicted molar refractivity (Wildman–Crippen MR) is 104 cm³/mol. The van der Waals surface area contributed by atoms with E-state index in [4.69, 9.17) is 0 Å². The third-order valence-electron chi connectivity index (χ3n) is 4.33. The van der Waals surface area contributed by atoms with Gasteiger partial charge in [-0.15, -0.1) is 0 Å². The Hall–Kier alpha value is -3.03. The summed E-state index contributed by atoms with van der Waals surface area (Å²) in [6.07, 6.45) is 5.30. The van der Waals surface area contributed by atoms with Crippen LogP contribution in [0.4, 0.5) is 0 Å². The first kappa shape index (κ1) is 17.4. The number of aryl methyl sites for hydroxylation is 1. The quantitative estimate of drug-likeness (QED) is 0.579. The number of fused-ring (bicyclic) bond motifs is 1. The fourth-order valence-electron chi connectivity index (χ4n) is 2.94. The molecule has 2 aromatic carbocycles. The Kier molecular flexibility index (Phi) is 4.47. The van der Waals surface area contributed by atoms with E-state index in [9.17, 15) is 8.42 Å². The summed E-state index contributed by atoms with van der Waals surface area (Å²) in [5.41, 5.74) is 2.50. The lowest BCUT2D eigenvalue weighted by Gasteiger charge is -2.10. The molecule has 0 aliphatic carbocycles. The first-order valence-electron chi connectivity index (χ1n) is 8.44. The van der Waals surface area contributed by atoms with Gasteiger partial charge in [-0.05, 0) is 23.1 Å². The summed E-state index contributed by atoms with van der Waals surface area (Å²) in [6, 6.07) is 16.4. The molecule has 1 N–H and O–H groups in total. The second kappa shape index (κ2) is 6.94. The van der Waals surface area contributed by atoms with Crippen LogP contribution in [0.1, 0.15) is 5.56 Å². The summed E-state index contributed by atoms with van der Waals surface area (Å²) in [6.45, 7) is 0.172. The van der Waals surface area contributed by atoms with Crippen molar-refractivity contribution in [2.24, 2.45) is 7.05 Å². The molecule has 0 fully saturated rings. The molecule has 6 nitrogen and oxygen atoms in total. The molecule has 2 heterocycles. The Balaban J connectivity index is 1.54. The zero-order valence-corrected chi connectivity index (χ0v) is 15.5. The number of rotatable bonds is 5. The van der Waals surface area contributed by atoms with Gasteiger partial charge in [-0.3, -0.25) is 9.67 Å². The highest BCUT2D eigenvalue weighted by Crippen LogP contribution is 2.23. The van der Waals surface area contributed by atoms with Gasteiger partial charge in [-0.1, -0.05) is 42.5 Å². The fourth-order valence-corrected chi connectivity index (χ4v) is 4.18. The van der Waals surface area contributed by atoms with E-state index in [1.165, 1.54) is 0 Å². The van der Waals surface area contributed by atoms with Crippen LogP contribution in [-0.4, -0.2) is 23.2 Å². The summed E-state index contributed by atoms with van der Waals surface area (Å²) in [4.78, 5) is 4.68. The topological polar surface area (TPSA) is 76.9 Å². The Morgan fingerprint density at radius 1 is 1.00 bits per heavy atom. The molecule has 0 unspecified atom stereocenters. The summed E-state index contributed by atoms with van der Waals surface area (Å²) in [5.74, 6) is 0. The van der Waals surface area contributed by atoms with Crippen LogP contribution in [0.15, 0.2) is 78.1 Å². The van der Waals surface area contributed by atoms with E-state index in [2.05, 4.69) is 14.8 Å². The Labute approximate surface area is 157 Å². The molecule has 0 amide bonds. The summed E-state index contributed by atoms with van der Waals surface area (Å²) >= 11 is 0. The van der Waals surface area contributed by atoms with E-state index in [-0.39, 0.29) is 11.4 Å². The fraction of sp³-hybridized carbons (Fsp3) is 0.100. The third-order valence-corrected chi connectivity index (χ3v) is 5.79. The van der Waals surface area contributed by atoms with Gasteiger partial charge < -0.3 is 0 Å². The highest BCUT2D eigenvalue weighted by atomic mass is 32.2. The molecule has 4 aromatic rings. The summed E-state index contributed by atoms with van der Waals surface area (Å²) in [5, 5.41) is 5.73. The van der Waals surface area contributed by atoms with Gasteiger partial charge >= 0.3 is 0 Å². The highest BCUT2D eigenvalue weighted by Gasteiger charge is 2.16. The van der Waals surface area contributed by atoms with Gasteiger partial charge in [0.2, 0.25) is 10.0 Å². The van der Waals surface area contributed by atoms with Gasteiger partial charge in [0.1, 0.15) is 0 Å². The second-order valence-electron chi connectivity index (χ2n) is 6.26. The molecular weight excluding hydrogens is 360 g/mol.